The predicted octanol–water partition coefficient (Wildman–Crippen LogP) is 2.08. The highest BCUT2D eigenvalue weighted by Gasteiger charge is 2.04. The monoisotopic (exact) mass is 566 g/mol. The number of nitrogens with zero attached hydrogens (tertiary/aromatic N) is 2. The van der Waals surface area contributed by atoms with Gasteiger partial charge < -0.3 is 35.4 Å². The summed E-state index contributed by atoms with van der Waals surface area (Å²) >= 11 is 0. The molecule has 0 aliphatic heterocycles. The minimum atomic E-state index is 0. The molecule has 218 valence electrons. The lowest BCUT2D eigenvalue weighted by Gasteiger charge is -2.06. The molecule has 0 amide bonds. The van der Waals surface area contributed by atoms with Gasteiger partial charge in [0.25, 0.3) is 0 Å². The molecule has 38 heavy (non-hydrogen) atoms. The molecule has 0 saturated carbocycles. The highest BCUT2D eigenvalue weighted by Crippen LogP contribution is 2.09. The molecule has 0 radical (unpaired) electrons. The quantitative estimate of drug-likeness (QED) is 0.159. The van der Waals surface area contributed by atoms with Crippen LogP contribution in [0.2, 0.25) is 0 Å². The van der Waals surface area contributed by atoms with Crippen LogP contribution in [0, 0.1) is 0 Å². The third-order valence-corrected chi connectivity index (χ3v) is 7.08. The first-order chi connectivity index (χ1) is 17.8. The summed E-state index contributed by atoms with van der Waals surface area (Å²) in [4.78, 5) is 0. The number of hydrogen-bond donors (Lipinski definition) is 2. The van der Waals surface area contributed by atoms with Gasteiger partial charge in [0.15, 0.2) is 24.8 Å². The van der Waals surface area contributed by atoms with Crippen LogP contribution in [0.1, 0.15) is 117 Å². The number of hydrogen-bond acceptors (Lipinski definition) is 2. The van der Waals surface area contributed by atoms with E-state index in [0.29, 0.717) is 0 Å². The van der Waals surface area contributed by atoms with Crippen LogP contribution in [0.4, 0.5) is 11.4 Å². The van der Waals surface area contributed by atoms with Crippen molar-refractivity contribution in [2.75, 3.05) is 23.7 Å². The first-order valence-electron chi connectivity index (χ1n) is 15.3. The van der Waals surface area contributed by atoms with Gasteiger partial charge in [-0.15, -0.1) is 0 Å². The zero-order valence-electron chi connectivity index (χ0n) is 24.4. The lowest BCUT2D eigenvalue weighted by atomic mass is 10.1. The van der Waals surface area contributed by atoms with Gasteiger partial charge >= 0.3 is 0 Å². The van der Waals surface area contributed by atoms with Gasteiger partial charge in [0.05, 0.1) is 0 Å². The van der Waals surface area contributed by atoms with Crippen LogP contribution in [0.15, 0.2) is 49.1 Å². The van der Waals surface area contributed by atoms with Gasteiger partial charge in [-0.25, -0.2) is 9.13 Å². The summed E-state index contributed by atoms with van der Waals surface area (Å²) in [6.07, 6.45) is 30.2. The van der Waals surface area contributed by atoms with Crippen molar-refractivity contribution in [3.63, 3.8) is 0 Å². The van der Waals surface area contributed by atoms with Crippen molar-refractivity contribution in [3.8, 4) is 0 Å². The van der Waals surface area contributed by atoms with Gasteiger partial charge in [-0.3, -0.25) is 0 Å². The second-order valence-corrected chi connectivity index (χ2v) is 10.5. The molecule has 2 aromatic rings. The third kappa shape index (κ3) is 18.7. The van der Waals surface area contributed by atoms with Crippen molar-refractivity contribution in [2.24, 2.45) is 0 Å². The summed E-state index contributed by atoms with van der Waals surface area (Å²) in [6, 6.07) is 8.89. The fourth-order valence-electron chi connectivity index (χ4n) is 4.67. The molecule has 6 heteroatoms. The first-order valence-corrected chi connectivity index (χ1v) is 15.3. The number of rotatable bonds is 23. The van der Waals surface area contributed by atoms with Gasteiger partial charge in [-0.2, -0.15) is 0 Å². The third-order valence-electron chi connectivity index (χ3n) is 7.08. The van der Waals surface area contributed by atoms with Crippen LogP contribution in [-0.2, 0) is 13.1 Å². The van der Waals surface area contributed by atoms with E-state index in [4.69, 9.17) is 0 Å². The molecule has 2 heterocycles. The highest BCUT2D eigenvalue weighted by atomic mass is 35.5. The van der Waals surface area contributed by atoms with Crippen molar-refractivity contribution in [3.05, 3.63) is 49.1 Å². The molecular formula is C32H56Cl2N4. The Balaban J connectivity index is 0.00000684. The Morgan fingerprint density at radius 2 is 0.763 bits per heavy atom. The number of aromatic nitrogens is 2. The number of nitrogens with one attached hydrogen (secondary N) is 2. The van der Waals surface area contributed by atoms with Gasteiger partial charge in [0, 0.05) is 61.6 Å². The van der Waals surface area contributed by atoms with Crippen LogP contribution in [0.25, 0.3) is 0 Å². The maximum absolute atomic E-state index is 3.57. The standard InChI is InChI=1S/C32H54N4.2ClH/c1-3-5-7-9-11-15-23-33-31-19-27-35(28-20-31)25-17-13-14-18-26-36-29-21-32(22-30-36)34-24-16-12-10-8-6-4-2;;/h19-22,27-30H,3-18,23-26H2,1-2H3;2*1H. The average molecular weight is 568 g/mol. The first kappa shape index (κ1) is 36.5. The Morgan fingerprint density at radius 1 is 0.447 bits per heavy atom. The van der Waals surface area contributed by atoms with E-state index in [2.05, 4.69) is 82.7 Å². The molecule has 0 aromatic carbocycles. The minimum Gasteiger partial charge on any atom is -1.00 e. The van der Waals surface area contributed by atoms with Crippen LogP contribution < -0.4 is 44.6 Å². The molecule has 0 saturated heterocycles. The lowest BCUT2D eigenvalue weighted by molar-refractivity contribution is -0.698. The zero-order chi connectivity index (χ0) is 25.5. The Labute approximate surface area is 247 Å². The van der Waals surface area contributed by atoms with Crippen molar-refractivity contribution in [2.45, 2.75) is 130 Å². The van der Waals surface area contributed by atoms with E-state index in [0.717, 1.165) is 26.2 Å². The maximum atomic E-state index is 3.57. The number of halogens is 2. The smallest absolute Gasteiger partial charge is 0.170 e. The molecular weight excluding hydrogens is 511 g/mol. The normalized spacial score (nSPS) is 10.5. The number of unbranched alkanes of at least 4 members (excludes halogenated alkanes) is 13. The topological polar surface area (TPSA) is 31.8 Å². The fourth-order valence-corrected chi connectivity index (χ4v) is 4.67. The van der Waals surface area contributed by atoms with E-state index >= 15 is 0 Å². The van der Waals surface area contributed by atoms with Crippen molar-refractivity contribution in [1.82, 2.24) is 0 Å². The minimum absolute atomic E-state index is 0. The summed E-state index contributed by atoms with van der Waals surface area (Å²) in [5.74, 6) is 0. The van der Waals surface area contributed by atoms with E-state index in [1.807, 2.05) is 0 Å². The van der Waals surface area contributed by atoms with Crippen molar-refractivity contribution >= 4 is 11.4 Å². The van der Waals surface area contributed by atoms with Crippen LogP contribution >= 0.6 is 0 Å². The Kier molecular flexibility index (Phi) is 24.7. The molecule has 2 N–H and O–H groups in total. The van der Waals surface area contributed by atoms with Gasteiger partial charge in [-0.1, -0.05) is 78.1 Å². The van der Waals surface area contributed by atoms with Gasteiger partial charge in [0.2, 0.25) is 0 Å². The van der Waals surface area contributed by atoms with Crippen LogP contribution in [0.5, 0.6) is 0 Å². The molecule has 4 nitrogen and oxygen atoms in total. The Hall–Kier alpha value is -1.52. The van der Waals surface area contributed by atoms with Gasteiger partial charge in [0.1, 0.15) is 13.1 Å². The highest BCUT2D eigenvalue weighted by molar-refractivity contribution is 5.40. The molecule has 0 atom stereocenters. The molecule has 0 bridgehead atoms. The summed E-state index contributed by atoms with van der Waals surface area (Å²) in [7, 11) is 0. The molecule has 0 aliphatic rings. The maximum Gasteiger partial charge on any atom is 0.170 e. The molecule has 0 fully saturated rings. The van der Waals surface area contributed by atoms with E-state index < -0.39 is 0 Å². The van der Waals surface area contributed by atoms with Crippen LogP contribution in [-0.4, -0.2) is 13.1 Å². The largest absolute Gasteiger partial charge is 1.00 e. The summed E-state index contributed by atoms with van der Waals surface area (Å²) in [6.45, 7) is 8.96. The summed E-state index contributed by atoms with van der Waals surface area (Å²) in [5.41, 5.74) is 2.50. The summed E-state index contributed by atoms with van der Waals surface area (Å²) in [5, 5.41) is 7.13. The van der Waals surface area contributed by atoms with E-state index in [1.165, 1.54) is 114 Å². The lowest BCUT2D eigenvalue weighted by Crippen LogP contribution is -3.00. The Bertz CT molecular complexity index is 688. The van der Waals surface area contributed by atoms with E-state index in [1.54, 1.807) is 0 Å². The molecule has 2 rings (SSSR count). The van der Waals surface area contributed by atoms with Crippen LogP contribution in [0.3, 0.4) is 0 Å². The average Bonchev–Trinajstić information content (AvgIpc) is 2.91. The van der Waals surface area contributed by atoms with Gasteiger partial charge in [-0.05, 0) is 25.7 Å². The SMILES string of the molecule is CCCCCCCCNc1cc[n+](CCCCCC[n+]2ccc(NCCCCCCCC)cc2)cc1.[Cl-].[Cl-]. The summed E-state index contributed by atoms with van der Waals surface area (Å²) < 4.78 is 4.64. The number of aryl methyl sites for hydroxylation is 2. The van der Waals surface area contributed by atoms with Crippen molar-refractivity contribution in [1.29, 1.82) is 0 Å². The predicted molar refractivity (Wildman–Crippen MR) is 155 cm³/mol. The molecule has 0 unspecified atom stereocenters. The molecule has 0 aliphatic carbocycles. The number of anilines is 2. The zero-order valence-corrected chi connectivity index (χ0v) is 25.9. The second kappa shape index (κ2) is 25.7. The van der Waals surface area contributed by atoms with E-state index in [-0.39, 0.29) is 24.8 Å². The molecule has 2 aromatic heterocycles. The molecule has 0 spiro atoms. The fraction of sp³-hybridized carbons (Fsp3) is 0.688. The Morgan fingerprint density at radius 3 is 1.13 bits per heavy atom. The second-order valence-electron chi connectivity index (χ2n) is 10.5. The van der Waals surface area contributed by atoms with Crippen molar-refractivity contribution < 1.29 is 33.9 Å². The number of pyridine rings is 2. The van der Waals surface area contributed by atoms with E-state index in [9.17, 15) is 0 Å².